The van der Waals surface area contributed by atoms with Gasteiger partial charge < -0.3 is 5.32 Å². The van der Waals surface area contributed by atoms with Crippen LogP contribution in [-0.4, -0.2) is 32.9 Å². The van der Waals surface area contributed by atoms with E-state index in [1.165, 1.54) is 11.3 Å². The van der Waals surface area contributed by atoms with Gasteiger partial charge in [0.2, 0.25) is 5.13 Å². The molecule has 1 aromatic carbocycles. The molecule has 0 unspecified atom stereocenters. The lowest BCUT2D eigenvalue weighted by molar-refractivity contribution is 0.102. The van der Waals surface area contributed by atoms with Crippen LogP contribution in [0.1, 0.15) is 17.4 Å². The number of hydrogen-bond acceptors (Lipinski definition) is 8. The van der Waals surface area contributed by atoms with Crippen LogP contribution in [-0.2, 0) is 0 Å². The standard InChI is InChI=1S/C15H13ClN6O2S3/c1-2-25-15-22-21-14(27-15)19-11(23)10-7-26-13(18-10)20-12(24)17-9-5-3-4-8(16)6-9/h3-7H,2H2,1H3,(H,19,21,23)(H2,17,18,20,24). The van der Waals surface area contributed by atoms with Crippen molar-refractivity contribution in [3.63, 3.8) is 0 Å². The Morgan fingerprint density at radius 1 is 1.19 bits per heavy atom. The molecule has 3 amide bonds. The molecule has 0 bridgehead atoms. The molecule has 140 valence electrons. The second kappa shape index (κ2) is 9.13. The molecule has 0 aliphatic carbocycles. The summed E-state index contributed by atoms with van der Waals surface area (Å²) in [6.07, 6.45) is 0. The third-order valence-electron chi connectivity index (χ3n) is 2.93. The molecule has 0 saturated carbocycles. The first-order chi connectivity index (χ1) is 13.0. The van der Waals surface area contributed by atoms with E-state index in [1.54, 1.807) is 41.4 Å². The summed E-state index contributed by atoms with van der Waals surface area (Å²) < 4.78 is 0.783. The number of carbonyl (C=O) groups excluding carboxylic acids is 2. The van der Waals surface area contributed by atoms with Crippen molar-refractivity contribution in [1.82, 2.24) is 15.2 Å². The first-order valence-electron chi connectivity index (χ1n) is 7.60. The number of thioether (sulfide) groups is 1. The van der Waals surface area contributed by atoms with Gasteiger partial charge in [-0.2, -0.15) is 0 Å². The minimum atomic E-state index is -0.482. The SMILES string of the molecule is CCSc1nnc(NC(=O)c2csc(NC(=O)Nc3cccc(Cl)c3)n2)s1. The highest BCUT2D eigenvalue weighted by Crippen LogP contribution is 2.25. The molecule has 2 aromatic heterocycles. The van der Waals surface area contributed by atoms with Gasteiger partial charge in [0, 0.05) is 16.1 Å². The first kappa shape index (κ1) is 19.5. The minimum Gasteiger partial charge on any atom is -0.308 e. The van der Waals surface area contributed by atoms with Crippen molar-refractivity contribution >= 4 is 73.9 Å². The van der Waals surface area contributed by atoms with E-state index in [1.807, 2.05) is 6.92 Å². The molecule has 0 spiro atoms. The van der Waals surface area contributed by atoms with Gasteiger partial charge in [0.1, 0.15) is 5.69 Å². The summed E-state index contributed by atoms with van der Waals surface area (Å²) in [5, 5.41) is 18.5. The van der Waals surface area contributed by atoms with Crippen molar-refractivity contribution < 1.29 is 9.59 Å². The number of anilines is 3. The van der Waals surface area contributed by atoms with Crippen LogP contribution in [0.25, 0.3) is 0 Å². The molecule has 0 saturated heterocycles. The summed E-state index contributed by atoms with van der Waals surface area (Å²) in [5.41, 5.74) is 0.726. The van der Waals surface area contributed by atoms with Crippen molar-refractivity contribution in [1.29, 1.82) is 0 Å². The average molecular weight is 441 g/mol. The first-order valence-corrected chi connectivity index (χ1v) is 10.7. The molecule has 3 N–H and O–H groups in total. The maximum Gasteiger partial charge on any atom is 0.325 e. The average Bonchev–Trinajstić information content (AvgIpc) is 3.25. The Labute approximate surface area is 171 Å². The van der Waals surface area contributed by atoms with Crippen LogP contribution in [0.15, 0.2) is 34.0 Å². The number of aromatic nitrogens is 3. The minimum absolute atomic E-state index is 0.179. The highest BCUT2D eigenvalue weighted by atomic mass is 35.5. The molecule has 0 atom stereocenters. The highest BCUT2D eigenvalue weighted by molar-refractivity contribution is 8.01. The summed E-state index contributed by atoms with van der Waals surface area (Å²) in [7, 11) is 0. The molecule has 8 nitrogen and oxygen atoms in total. The van der Waals surface area contributed by atoms with E-state index in [9.17, 15) is 9.59 Å². The van der Waals surface area contributed by atoms with Crippen LogP contribution >= 0.6 is 46.0 Å². The monoisotopic (exact) mass is 440 g/mol. The van der Waals surface area contributed by atoms with E-state index >= 15 is 0 Å². The van der Waals surface area contributed by atoms with Crippen molar-refractivity contribution in [2.45, 2.75) is 11.3 Å². The van der Waals surface area contributed by atoms with Gasteiger partial charge in [-0.3, -0.25) is 15.4 Å². The van der Waals surface area contributed by atoms with E-state index in [4.69, 9.17) is 11.6 Å². The summed E-state index contributed by atoms with van der Waals surface area (Å²) >= 11 is 9.86. The van der Waals surface area contributed by atoms with Crippen LogP contribution in [0.4, 0.5) is 20.7 Å². The number of urea groups is 1. The quantitative estimate of drug-likeness (QED) is 0.380. The number of nitrogens with one attached hydrogen (secondary N) is 3. The van der Waals surface area contributed by atoms with Crippen molar-refractivity contribution in [3.05, 3.63) is 40.4 Å². The lowest BCUT2D eigenvalue weighted by Gasteiger charge is -2.05. The summed E-state index contributed by atoms with van der Waals surface area (Å²) in [5.74, 6) is 0.458. The van der Waals surface area contributed by atoms with Gasteiger partial charge in [-0.25, -0.2) is 9.78 Å². The maximum absolute atomic E-state index is 12.2. The van der Waals surface area contributed by atoms with Crippen LogP contribution < -0.4 is 16.0 Å². The molecule has 0 fully saturated rings. The van der Waals surface area contributed by atoms with Gasteiger partial charge >= 0.3 is 6.03 Å². The molecular formula is C15H13ClN6O2S3. The van der Waals surface area contributed by atoms with Gasteiger partial charge in [-0.15, -0.1) is 21.5 Å². The predicted octanol–water partition coefficient (Wildman–Crippen LogP) is 4.66. The third kappa shape index (κ3) is 5.63. The number of nitrogens with zero attached hydrogens (tertiary/aromatic N) is 3. The van der Waals surface area contributed by atoms with Crippen LogP contribution in [0.5, 0.6) is 0 Å². The Morgan fingerprint density at radius 2 is 2.04 bits per heavy atom. The normalized spacial score (nSPS) is 10.4. The largest absolute Gasteiger partial charge is 0.325 e. The Hall–Kier alpha value is -2.21. The highest BCUT2D eigenvalue weighted by Gasteiger charge is 2.15. The Kier molecular flexibility index (Phi) is 6.61. The summed E-state index contributed by atoms with van der Waals surface area (Å²) in [6, 6.07) is 6.28. The van der Waals surface area contributed by atoms with Crippen molar-refractivity contribution in [2.24, 2.45) is 0 Å². The fourth-order valence-electron chi connectivity index (χ4n) is 1.86. The fourth-order valence-corrected chi connectivity index (χ4v) is 4.38. The van der Waals surface area contributed by atoms with E-state index < -0.39 is 11.9 Å². The van der Waals surface area contributed by atoms with Gasteiger partial charge in [-0.05, 0) is 24.0 Å². The fraction of sp³-hybridized carbons (Fsp3) is 0.133. The molecule has 3 aromatic rings. The van der Waals surface area contributed by atoms with E-state index in [0.29, 0.717) is 21.0 Å². The van der Waals surface area contributed by atoms with Gasteiger partial charge in [0.05, 0.1) is 0 Å². The molecule has 3 rings (SSSR count). The molecular weight excluding hydrogens is 428 g/mol. The molecule has 2 heterocycles. The molecule has 0 aliphatic rings. The molecule has 0 aliphatic heterocycles. The molecule has 12 heteroatoms. The second-order valence-corrected chi connectivity index (χ2v) is 8.67. The van der Waals surface area contributed by atoms with E-state index in [0.717, 1.165) is 21.4 Å². The van der Waals surface area contributed by atoms with E-state index in [-0.39, 0.29) is 5.69 Å². The van der Waals surface area contributed by atoms with E-state index in [2.05, 4.69) is 31.1 Å². The number of thiazole rings is 1. The van der Waals surface area contributed by atoms with Crippen LogP contribution in [0.2, 0.25) is 5.02 Å². The topological polar surface area (TPSA) is 109 Å². The van der Waals surface area contributed by atoms with Gasteiger partial charge in [-0.1, -0.05) is 47.7 Å². The predicted molar refractivity (Wildman–Crippen MR) is 110 cm³/mol. The van der Waals surface area contributed by atoms with Crippen LogP contribution in [0, 0.1) is 0 Å². The van der Waals surface area contributed by atoms with Crippen molar-refractivity contribution in [2.75, 3.05) is 21.7 Å². The van der Waals surface area contributed by atoms with Gasteiger partial charge in [0.15, 0.2) is 9.47 Å². The zero-order valence-corrected chi connectivity index (χ0v) is 17.1. The number of benzene rings is 1. The summed E-state index contributed by atoms with van der Waals surface area (Å²) in [4.78, 5) is 28.3. The lowest BCUT2D eigenvalue weighted by Crippen LogP contribution is -2.19. The number of rotatable bonds is 6. The number of carbonyl (C=O) groups is 2. The maximum atomic E-state index is 12.2. The number of amides is 3. The number of hydrogen-bond donors (Lipinski definition) is 3. The second-order valence-electron chi connectivity index (χ2n) is 4.89. The zero-order valence-electron chi connectivity index (χ0n) is 13.9. The lowest BCUT2D eigenvalue weighted by atomic mass is 10.3. The Balaban J connectivity index is 1.56. The van der Waals surface area contributed by atoms with Crippen molar-refractivity contribution in [3.8, 4) is 0 Å². The third-order valence-corrected chi connectivity index (χ3v) is 5.78. The Morgan fingerprint density at radius 3 is 2.81 bits per heavy atom. The zero-order chi connectivity index (χ0) is 19.2. The number of halogens is 1. The molecule has 27 heavy (non-hydrogen) atoms. The summed E-state index contributed by atoms with van der Waals surface area (Å²) in [6.45, 7) is 2.01. The Bertz CT molecular complexity index is 960. The van der Waals surface area contributed by atoms with Crippen LogP contribution in [0.3, 0.4) is 0 Å². The smallest absolute Gasteiger partial charge is 0.308 e. The van der Waals surface area contributed by atoms with Gasteiger partial charge in [0.25, 0.3) is 5.91 Å². The molecule has 0 radical (unpaired) electrons.